The van der Waals surface area contributed by atoms with Gasteiger partial charge in [-0.1, -0.05) is 268 Å². The molecule has 1 atom stereocenters. The Morgan fingerprint density at radius 1 is 0.481 bits per heavy atom. The van der Waals surface area contributed by atoms with Crippen molar-refractivity contribution in [2.24, 2.45) is 5.92 Å². The Balaban J connectivity index is 0.000000369. The van der Waals surface area contributed by atoms with Crippen molar-refractivity contribution in [3.63, 3.8) is 0 Å². The maximum Gasteiger partial charge on any atom is 2.00 e. The van der Waals surface area contributed by atoms with Gasteiger partial charge >= 0.3 is 21.7 Å². The van der Waals surface area contributed by atoms with E-state index in [2.05, 4.69) is 150 Å². The first-order valence-electron chi connectivity index (χ1n) is 20.9. The quantitative estimate of drug-likeness (QED) is 0.0515. The number of rotatable bonds is 19. The third-order valence-corrected chi connectivity index (χ3v) is 11.5. The average molecular weight is 775 g/mol. The summed E-state index contributed by atoms with van der Waals surface area (Å²) in [6, 6.07) is 42.1. The molecule has 4 aromatic rings. The molecule has 1 radical (unpaired) electrons. The van der Waals surface area contributed by atoms with Crippen LogP contribution < -0.4 is 10.4 Å². The van der Waals surface area contributed by atoms with Crippen LogP contribution in [0.3, 0.4) is 0 Å². The van der Waals surface area contributed by atoms with Crippen LogP contribution in [0.25, 0.3) is 16.9 Å². The molecule has 3 heteroatoms. The molecule has 0 aliphatic heterocycles. The van der Waals surface area contributed by atoms with Crippen molar-refractivity contribution in [3.8, 4) is 11.1 Å². The van der Waals surface area contributed by atoms with Crippen LogP contribution in [0.5, 0.6) is 0 Å². The summed E-state index contributed by atoms with van der Waals surface area (Å²) in [5.74, 6) is 0.560. The predicted octanol–water partition coefficient (Wildman–Crippen LogP) is 14.4. The molecule has 0 heterocycles. The maximum absolute atomic E-state index is 7.08. The fourth-order valence-corrected chi connectivity index (χ4v) is 7.60. The molecule has 0 fully saturated rings. The van der Waals surface area contributed by atoms with E-state index in [-0.39, 0.29) is 31.2 Å². The normalized spacial score (nSPS) is 12.9. The van der Waals surface area contributed by atoms with E-state index in [9.17, 15) is 0 Å². The van der Waals surface area contributed by atoms with Crippen LogP contribution in [-0.2, 0) is 21.7 Å². The minimum absolute atomic E-state index is 0. The van der Waals surface area contributed by atoms with Crippen LogP contribution >= 0.6 is 0 Å². The van der Waals surface area contributed by atoms with E-state index in [0.717, 1.165) is 6.42 Å². The van der Waals surface area contributed by atoms with Crippen LogP contribution in [0.1, 0.15) is 137 Å². The van der Waals surface area contributed by atoms with Gasteiger partial charge in [0.15, 0.2) is 0 Å². The van der Waals surface area contributed by atoms with Gasteiger partial charge in [0.05, 0.1) is 0 Å². The van der Waals surface area contributed by atoms with Crippen molar-refractivity contribution < 1.29 is 21.7 Å². The number of allylic oxidation sites excluding steroid dienone is 4. The summed E-state index contributed by atoms with van der Waals surface area (Å²) >= 11 is 0. The van der Waals surface area contributed by atoms with Crippen LogP contribution in [0.2, 0.25) is 0 Å². The zero-order chi connectivity index (χ0) is 38.2. The van der Waals surface area contributed by atoms with Gasteiger partial charge < -0.3 is 5.73 Å². The van der Waals surface area contributed by atoms with Crippen molar-refractivity contribution in [2.75, 3.05) is 6.54 Å². The molecule has 1 aliphatic rings. The van der Waals surface area contributed by atoms with E-state index in [1.54, 1.807) is 0 Å². The van der Waals surface area contributed by atoms with Gasteiger partial charge in [-0.05, 0) is 11.1 Å². The van der Waals surface area contributed by atoms with Crippen molar-refractivity contribution >= 4 is 19.9 Å². The Hall–Kier alpha value is -2.75. The van der Waals surface area contributed by atoms with Crippen molar-refractivity contribution in [2.45, 2.75) is 137 Å². The van der Waals surface area contributed by atoms with E-state index >= 15 is 0 Å². The van der Waals surface area contributed by atoms with Crippen LogP contribution in [0.4, 0.5) is 0 Å². The van der Waals surface area contributed by atoms with Crippen molar-refractivity contribution in [1.82, 2.24) is 0 Å². The summed E-state index contributed by atoms with van der Waals surface area (Å²) in [6.45, 7) is 11.6. The molecule has 0 aromatic heterocycles. The van der Waals surface area contributed by atoms with Crippen LogP contribution in [-0.4, -0.2) is 16.1 Å². The second-order valence-electron chi connectivity index (χ2n) is 14.6. The van der Waals surface area contributed by atoms with Crippen molar-refractivity contribution in [1.29, 1.82) is 0 Å². The predicted molar refractivity (Wildman–Crippen MR) is 240 cm³/mol. The molecule has 1 nitrogen and oxygen atoms in total. The fraction of sp³-hybridized carbons (Fsp3) is 0.451. The van der Waals surface area contributed by atoms with Crippen LogP contribution in [0.15, 0.2) is 138 Å². The van der Waals surface area contributed by atoms with Gasteiger partial charge in [0, 0.05) is 0 Å². The molecule has 289 valence electrons. The Morgan fingerprint density at radius 2 is 0.796 bits per heavy atom. The summed E-state index contributed by atoms with van der Waals surface area (Å²) in [6.07, 6.45) is 25.9. The molecule has 0 saturated heterocycles. The zero-order valence-electron chi connectivity index (χ0n) is 34.7. The first-order chi connectivity index (χ1) is 26.0. The molecule has 5 rings (SSSR count). The van der Waals surface area contributed by atoms with E-state index in [4.69, 9.17) is 5.73 Å². The number of nitrogens with one attached hydrogen (secondary N) is 1. The van der Waals surface area contributed by atoms with Crippen molar-refractivity contribution in [3.05, 3.63) is 150 Å². The van der Waals surface area contributed by atoms with E-state index in [1.807, 2.05) is 12.1 Å². The molecule has 0 spiro atoms. The van der Waals surface area contributed by atoms with E-state index in [0.29, 0.717) is 12.5 Å². The first kappa shape index (κ1) is 49.3. The van der Waals surface area contributed by atoms with Gasteiger partial charge in [0.1, 0.15) is 9.52 Å². The van der Waals surface area contributed by atoms with Gasteiger partial charge in [-0.25, -0.2) is 5.57 Å². The third-order valence-electron chi connectivity index (χ3n) is 10.1. The molecule has 0 bridgehead atoms. The molecule has 1 unspecified atom stereocenters. The minimum Gasteiger partial charge on any atom is -0.677 e. The number of unbranched alkanes of at least 4 members (excludes halogenated alkanes) is 15. The molecule has 54 heavy (non-hydrogen) atoms. The topological polar surface area (TPSA) is 23.8 Å². The molecule has 0 amide bonds. The maximum atomic E-state index is 7.08. The molecular formula is C51H72NSiTi. The first-order valence-corrected chi connectivity index (χ1v) is 22.1. The summed E-state index contributed by atoms with van der Waals surface area (Å²) in [5, 5.41) is 2.90. The van der Waals surface area contributed by atoms with Gasteiger partial charge in [0.2, 0.25) is 0 Å². The van der Waals surface area contributed by atoms with Gasteiger partial charge in [-0.15, -0.1) is 6.92 Å². The second-order valence-corrected chi connectivity index (χ2v) is 16.2. The minimum atomic E-state index is 0. The molecule has 4 aromatic carbocycles. The molecule has 1 N–H and O–H groups in total. The summed E-state index contributed by atoms with van der Waals surface area (Å²) < 4.78 is 0. The fourth-order valence-electron chi connectivity index (χ4n) is 6.39. The molecule has 0 saturated carbocycles. The summed E-state index contributed by atoms with van der Waals surface area (Å²) in [7, 11) is 0.271. The van der Waals surface area contributed by atoms with E-state index in [1.165, 1.54) is 135 Å². The summed E-state index contributed by atoms with van der Waals surface area (Å²) in [5.41, 5.74) is 13.9. The number of hydrogen-bond acceptors (Lipinski definition) is 0. The Bertz CT molecular complexity index is 1380. The zero-order valence-corrected chi connectivity index (χ0v) is 37.4. The Kier molecular flexibility index (Phi) is 30.6. The standard InChI is InChI=1S/C18H38N.C12H11Si.C12H10.C9H13.Ti/c1-2-3-4-5-6-7-8-9-10-11-12-13-14-15-16-17-18-19;1-3-7-11(8-4-1)13-12-9-5-2-6-10-12;1-3-7-11(8-4-1)12-9-5-2-6-10-12;1-6-5-7(2)9(4)8(6)3;/h19H,2-18H2,1H3;1-10,13H;1-10H;6H,1-4H3;/q-1;;;-1;+2. The van der Waals surface area contributed by atoms with Gasteiger partial charge in [0.25, 0.3) is 0 Å². The molecule has 1 aliphatic carbocycles. The monoisotopic (exact) mass is 774 g/mol. The Morgan fingerprint density at radius 3 is 1.06 bits per heavy atom. The summed E-state index contributed by atoms with van der Waals surface area (Å²) in [4.78, 5) is 0. The van der Waals surface area contributed by atoms with Gasteiger partial charge in [-0.2, -0.15) is 17.7 Å². The third kappa shape index (κ3) is 23.9. The SMILES string of the molecule is CC1=[C-]C(C)C(C)=C1C.CCCCCCCCCCCCCCCCCC[NH-].[Ti+2].c1ccc(-c2ccccc2)cc1.c1ccc([SiH]c2ccccc2)cc1. The molecular weight excluding hydrogens is 703 g/mol. The number of hydrogen-bond donors (Lipinski definition) is 0. The van der Waals surface area contributed by atoms with E-state index < -0.39 is 0 Å². The number of benzene rings is 4. The Labute approximate surface area is 350 Å². The largest absolute Gasteiger partial charge is 2.00 e. The van der Waals surface area contributed by atoms with Crippen LogP contribution in [0, 0.1) is 12.0 Å². The van der Waals surface area contributed by atoms with Gasteiger partial charge in [-0.3, -0.25) is 6.08 Å². The smallest absolute Gasteiger partial charge is 0.677 e. The second kappa shape index (κ2) is 33.6. The average Bonchev–Trinajstić information content (AvgIpc) is 3.43.